The highest BCUT2D eigenvalue weighted by Gasteiger charge is 2.21. The maximum Gasteiger partial charge on any atom is 0.326 e. The van der Waals surface area contributed by atoms with Crippen LogP contribution in [0.25, 0.3) is 0 Å². The van der Waals surface area contributed by atoms with Gasteiger partial charge in [0.15, 0.2) is 0 Å². The Labute approximate surface area is 163 Å². The van der Waals surface area contributed by atoms with Crippen molar-refractivity contribution in [2.45, 2.75) is 57.9 Å². The van der Waals surface area contributed by atoms with E-state index in [-0.39, 0.29) is 25.4 Å². The minimum Gasteiger partial charge on any atom is -0.480 e. The lowest BCUT2D eigenvalue weighted by molar-refractivity contribution is -0.141. The first-order valence-electron chi connectivity index (χ1n) is 9.45. The van der Waals surface area contributed by atoms with Crippen LogP contribution in [0.3, 0.4) is 0 Å². The fraction of sp³-hybridized carbons (Fsp3) is 0.611. The van der Waals surface area contributed by atoms with Crippen molar-refractivity contribution in [2.24, 2.45) is 0 Å². The van der Waals surface area contributed by atoms with E-state index in [0.29, 0.717) is 12.1 Å². The largest absolute Gasteiger partial charge is 0.480 e. The number of nitrogens with one attached hydrogen (secondary N) is 4. The van der Waals surface area contributed by atoms with E-state index in [1.54, 1.807) is 0 Å². The van der Waals surface area contributed by atoms with Gasteiger partial charge in [-0.1, -0.05) is 32.6 Å². The number of rotatable bonds is 14. The summed E-state index contributed by atoms with van der Waals surface area (Å²) < 4.78 is 0. The molecule has 0 spiro atoms. The Morgan fingerprint density at radius 1 is 1.04 bits per heavy atom. The van der Waals surface area contributed by atoms with Gasteiger partial charge in [0.25, 0.3) is 0 Å². The lowest BCUT2D eigenvalue weighted by Gasteiger charge is -2.14. The predicted octanol–water partition coefficient (Wildman–Crippen LogP) is 0.115. The van der Waals surface area contributed by atoms with Gasteiger partial charge in [0, 0.05) is 24.7 Å². The zero-order valence-corrected chi connectivity index (χ0v) is 16.1. The van der Waals surface area contributed by atoms with E-state index in [1.807, 2.05) is 0 Å². The number of unbranched alkanes of at least 4 members (excludes halogenated alkanes) is 4. The predicted molar refractivity (Wildman–Crippen MR) is 101 cm³/mol. The Morgan fingerprint density at radius 2 is 1.71 bits per heavy atom. The topological polar surface area (TPSA) is 153 Å². The zero-order valence-electron chi connectivity index (χ0n) is 16.1. The van der Waals surface area contributed by atoms with Gasteiger partial charge in [-0.25, -0.2) is 9.78 Å². The smallest absolute Gasteiger partial charge is 0.326 e. The number of nitrogens with zero attached hydrogens (tertiary/aromatic N) is 1. The number of carboxylic acids is 1. The second-order valence-corrected chi connectivity index (χ2v) is 6.46. The third-order valence-corrected chi connectivity index (χ3v) is 4.01. The zero-order chi connectivity index (χ0) is 20.8. The number of carbonyl (C=O) groups excluding carboxylic acids is 3. The van der Waals surface area contributed by atoms with Gasteiger partial charge in [-0.05, 0) is 6.42 Å². The molecule has 1 heterocycles. The summed E-state index contributed by atoms with van der Waals surface area (Å²) in [5, 5.41) is 16.4. The molecule has 1 aromatic rings. The van der Waals surface area contributed by atoms with Crippen molar-refractivity contribution in [3.05, 3.63) is 18.2 Å². The molecule has 5 N–H and O–H groups in total. The van der Waals surface area contributed by atoms with Crippen molar-refractivity contribution >= 4 is 23.7 Å². The van der Waals surface area contributed by atoms with Gasteiger partial charge < -0.3 is 26.0 Å². The van der Waals surface area contributed by atoms with Gasteiger partial charge in [0.1, 0.15) is 6.04 Å². The second-order valence-electron chi connectivity index (χ2n) is 6.46. The first kappa shape index (κ1) is 23.1. The molecule has 0 fully saturated rings. The van der Waals surface area contributed by atoms with E-state index in [0.717, 1.165) is 32.1 Å². The van der Waals surface area contributed by atoms with E-state index in [2.05, 4.69) is 32.8 Å². The normalized spacial score (nSPS) is 11.5. The van der Waals surface area contributed by atoms with Crippen LogP contribution >= 0.6 is 0 Å². The average Bonchev–Trinajstić information content (AvgIpc) is 3.17. The summed E-state index contributed by atoms with van der Waals surface area (Å²) in [5.41, 5.74) is 0.564. The molecule has 0 aromatic carbocycles. The lowest BCUT2D eigenvalue weighted by Crippen LogP contribution is -2.47. The van der Waals surface area contributed by atoms with Crippen LogP contribution in [0, 0.1) is 0 Å². The molecular formula is C18H29N5O5. The molecule has 0 aliphatic rings. The molecule has 1 atom stereocenters. The molecule has 1 rings (SSSR count). The Bertz CT molecular complexity index is 632. The van der Waals surface area contributed by atoms with Crippen LogP contribution in [0.5, 0.6) is 0 Å². The third kappa shape index (κ3) is 10.3. The van der Waals surface area contributed by atoms with E-state index < -0.39 is 23.8 Å². The molecular weight excluding hydrogens is 366 g/mol. The minimum atomic E-state index is -1.19. The highest BCUT2D eigenvalue weighted by atomic mass is 16.4. The maximum absolute atomic E-state index is 11.9. The van der Waals surface area contributed by atoms with Crippen molar-refractivity contribution in [2.75, 3.05) is 13.1 Å². The van der Waals surface area contributed by atoms with Crippen LogP contribution in [0.1, 0.15) is 51.1 Å². The van der Waals surface area contributed by atoms with Gasteiger partial charge in [0.2, 0.25) is 17.7 Å². The lowest BCUT2D eigenvalue weighted by atomic mass is 10.1. The summed E-state index contributed by atoms with van der Waals surface area (Å²) in [6.45, 7) is 1.52. The number of carbonyl (C=O) groups is 4. The van der Waals surface area contributed by atoms with Crippen molar-refractivity contribution in [3.63, 3.8) is 0 Å². The summed E-state index contributed by atoms with van der Waals surface area (Å²) >= 11 is 0. The summed E-state index contributed by atoms with van der Waals surface area (Å²) in [5.74, 6) is -2.56. The van der Waals surface area contributed by atoms with Crippen molar-refractivity contribution in [1.82, 2.24) is 25.9 Å². The van der Waals surface area contributed by atoms with Crippen LogP contribution < -0.4 is 16.0 Å². The number of hydrogen-bond donors (Lipinski definition) is 5. The number of aliphatic carboxylic acids is 1. The van der Waals surface area contributed by atoms with Crippen LogP contribution in [0.15, 0.2) is 12.5 Å². The highest BCUT2D eigenvalue weighted by molar-refractivity contribution is 5.89. The number of H-pyrrole nitrogens is 1. The van der Waals surface area contributed by atoms with Crippen molar-refractivity contribution in [1.29, 1.82) is 0 Å². The molecule has 0 aliphatic heterocycles. The van der Waals surface area contributed by atoms with Crippen molar-refractivity contribution < 1.29 is 24.3 Å². The molecule has 3 amide bonds. The maximum atomic E-state index is 11.9. The molecule has 0 radical (unpaired) electrons. The number of aromatic amines is 1. The summed E-state index contributed by atoms with van der Waals surface area (Å²) in [6, 6.07) is -1.14. The molecule has 0 aliphatic carbocycles. The fourth-order valence-corrected chi connectivity index (χ4v) is 2.46. The van der Waals surface area contributed by atoms with Gasteiger partial charge >= 0.3 is 5.97 Å². The van der Waals surface area contributed by atoms with Crippen molar-refractivity contribution in [3.8, 4) is 0 Å². The monoisotopic (exact) mass is 395 g/mol. The molecule has 0 saturated heterocycles. The number of imidazole rings is 1. The Hall–Kier alpha value is -2.91. The summed E-state index contributed by atoms with van der Waals surface area (Å²) in [7, 11) is 0. The van der Waals surface area contributed by atoms with Crippen LogP contribution in [-0.2, 0) is 25.6 Å². The Balaban J connectivity index is 2.21. The summed E-state index contributed by atoms with van der Waals surface area (Å²) in [4.78, 5) is 53.0. The molecule has 10 heteroatoms. The molecule has 156 valence electrons. The molecule has 28 heavy (non-hydrogen) atoms. The Kier molecular flexibility index (Phi) is 11.0. The molecule has 0 unspecified atom stereocenters. The quantitative estimate of drug-likeness (QED) is 0.282. The van der Waals surface area contributed by atoms with Gasteiger partial charge in [-0.3, -0.25) is 14.4 Å². The highest BCUT2D eigenvalue weighted by Crippen LogP contribution is 2.04. The first-order valence-corrected chi connectivity index (χ1v) is 9.45. The summed E-state index contributed by atoms with van der Waals surface area (Å²) in [6.07, 6.45) is 8.44. The average molecular weight is 395 g/mol. The molecule has 0 saturated carbocycles. The van der Waals surface area contributed by atoms with Gasteiger partial charge in [-0.2, -0.15) is 0 Å². The Morgan fingerprint density at radius 3 is 2.36 bits per heavy atom. The number of aromatic nitrogens is 2. The second kappa shape index (κ2) is 13.3. The van der Waals surface area contributed by atoms with Gasteiger partial charge in [-0.15, -0.1) is 0 Å². The molecule has 10 nitrogen and oxygen atoms in total. The number of amides is 3. The van der Waals surface area contributed by atoms with Crippen LogP contribution in [0.4, 0.5) is 0 Å². The number of carboxylic acid groups (broad SMARTS) is 1. The van der Waals surface area contributed by atoms with Crippen LogP contribution in [0.2, 0.25) is 0 Å². The standard InChI is InChI=1S/C18H29N5O5/c1-2-3-4-5-6-7-15(24)20-10-16(25)21-11-17(26)23-14(18(27)28)8-13-9-19-12-22-13/h9,12,14H,2-8,10-11H2,1H3,(H,19,22)(H,20,24)(H,21,25)(H,23,26)(H,27,28)/t14-/m0/s1. The van der Waals surface area contributed by atoms with E-state index >= 15 is 0 Å². The first-order chi connectivity index (χ1) is 13.4. The third-order valence-electron chi connectivity index (χ3n) is 4.01. The van der Waals surface area contributed by atoms with E-state index in [9.17, 15) is 24.3 Å². The molecule has 1 aromatic heterocycles. The van der Waals surface area contributed by atoms with Gasteiger partial charge in [0.05, 0.1) is 19.4 Å². The minimum absolute atomic E-state index is 0.0450. The van der Waals surface area contributed by atoms with E-state index in [4.69, 9.17) is 0 Å². The fourth-order valence-electron chi connectivity index (χ4n) is 2.46. The number of hydrogen-bond acceptors (Lipinski definition) is 5. The van der Waals surface area contributed by atoms with E-state index in [1.165, 1.54) is 12.5 Å². The van der Waals surface area contributed by atoms with Crippen LogP contribution in [-0.4, -0.2) is 57.9 Å². The molecule has 0 bridgehead atoms. The SMILES string of the molecule is CCCCCCCC(=O)NCC(=O)NCC(=O)N[C@@H](Cc1cnc[nH]1)C(=O)O.